The zero-order valence-electron chi connectivity index (χ0n) is 10.6. The molecule has 0 aliphatic heterocycles. The van der Waals surface area contributed by atoms with Gasteiger partial charge in [-0.1, -0.05) is 20.3 Å². The minimum atomic E-state index is 0.741. The first-order valence-corrected chi connectivity index (χ1v) is 6.68. The van der Waals surface area contributed by atoms with Crippen LogP contribution in [0.15, 0.2) is 18.3 Å². The summed E-state index contributed by atoms with van der Waals surface area (Å²) in [7, 11) is 0. The molecule has 1 fully saturated rings. The highest BCUT2D eigenvalue weighted by atomic mass is 15.0. The lowest BCUT2D eigenvalue weighted by atomic mass is 10.1. The molecule has 1 N–H and O–H groups in total. The third-order valence-electron chi connectivity index (χ3n) is 3.79. The van der Waals surface area contributed by atoms with Gasteiger partial charge in [0.05, 0.1) is 0 Å². The molecule has 2 unspecified atom stereocenters. The smallest absolute Gasteiger partial charge is 0.0361 e. The van der Waals surface area contributed by atoms with E-state index in [2.05, 4.69) is 42.1 Å². The van der Waals surface area contributed by atoms with Crippen molar-refractivity contribution in [1.82, 2.24) is 9.88 Å². The van der Waals surface area contributed by atoms with Gasteiger partial charge in [-0.05, 0) is 37.3 Å². The first-order chi connectivity index (χ1) is 7.81. The highest BCUT2D eigenvalue weighted by Crippen LogP contribution is 2.25. The summed E-state index contributed by atoms with van der Waals surface area (Å²) in [6.07, 6.45) is 7.55. The summed E-state index contributed by atoms with van der Waals surface area (Å²) in [6.45, 7) is 6.78. The topological polar surface area (TPSA) is 17.0 Å². The number of nitrogens with one attached hydrogen (secondary N) is 1. The molecule has 0 amide bonds. The summed E-state index contributed by atoms with van der Waals surface area (Å²) in [6, 6.07) is 5.14. The van der Waals surface area contributed by atoms with Crippen molar-refractivity contribution in [3.8, 4) is 0 Å². The van der Waals surface area contributed by atoms with Crippen LogP contribution >= 0.6 is 0 Å². The maximum Gasteiger partial charge on any atom is 0.0361 e. The molecule has 2 atom stereocenters. The van der Waals surface area contributed by atoms with Crippen LogP contribution in [0.2, 0.25) is 0 Å². The van der Waals surface area contributed by atoms with Gasteiger partial charge in [-0.15, -0.1) is 0 Å². The molecule has 0 saturated heterocycles. The predicted molar refractivity (Wildman–Crippen MR) is 68.4 cm³/mol. The van der Waals surface area contributed by atoms with Crippen molar-refractivity contribution in [2.45, 2.75) is 58.7 Å². The van der Waals surface area contributed by atoms with Crippen LogP contribution in [0.1, 0.15) is 45.2 Å². The van der Waals surface area contributed by atoms with Crippen LogP contribution in [0.5, 0.6) is 0 Å². The van der Waals surface area contributed by atoms with Crippen LogP contribution in [-0.2, 0) is 13.1 Å². The lowest BCUT2D eigenvalue weighted by Gasteiger charge is -2.18. The van der Waals surface area contributed by atoms with E-state index in [-0.39, 0.29) is 0 Å². The highest BCUT2D eigenvalue weighted by molar-refractivity contribution is 5.07. The summed E-state index contributed by atoms with van der Waals surface area (Å²) < 4.78 is 2.37. The van der Waals surface area contributed by atoms with Crippen molar-refractivity contribution in [1.29, 1.82) is 0 Å². The van der Waals surface area contributed by atoms with E-state index in [4.69, 9.17) is 0 Å². The Balaban J connectivity index is 1.86. The third kappa shape index (κ3) is 2.67. The second kappa shape index (κ2) is 5.53. The van der Waals surface area contributed by atoms with Crippen LogP contribution in [0.25, 0.3) is 0 Å². The molecule has 0 bridgehead atoms. The van der Waals surface area contributed by atoms with Gasteiger partial charge in [0, 0.05) is 31.0 Å². The summed E-state index contributed by atoms with van der Waals surface area (Å²) in [5.74, 6) is 0.856. The SMILES string of the molecule is CCCn1cccc1CNC1CCCC1C. The minimum Gasteiger partial charge on any atom is -0.350 e. The van der Waals surface area contributed by atoms with Gasteiger partial charge in [0.2, 0.25) is 0 Å². The lowest BCUT2D eigenvalue weighted by molar-refractivity contribution is 0.419. The zero-order chi connectivity index (χ0) is 11.4. The van der Waals surface area contributed by atoms with E-state index >= 15 is 0 Å². The Kier molecular flexibility index (Phi) is 4.05. The second-order valence-electron chi connectivity index (χ2n) is 5.09. The molecule has 2 nitrogen and oxygen atoms in total. The van der Waals surface area contributed by atoms with Crippen molar-refractivity contribution in [3.05, 3.63) is 24.0 Å². The quantitative estimate of drug-likeness (QED) is 0.806. The first-order valence-electron chi connectivity index (χ1n) is 6.68. The molecule has 0 spiro atoms. The molecule has 1 saturated carbocycles. The van der Waals surface area contributed by atoms with E-state index in [0.29, 0.717) is 0 Å². The molecular weight excluding hydrogens is 196 g/mol. The van der Waals surface area contributed by atoms with E-state index in [1.807, 2.05) is 0 Å². The Morgan fingerprint density at radius 3 is 3.00 bits per heavy atom. The van der Waals surface area contributed by atoms with Crippen LogP contribution in [0, 0.1) is 5.92 Å². The molecule has 1 aliphatic carbocycles. The normalized spacial score (nSPS) is 25.1. The van der Waals surface area contributed by atoms with Gasteiger partial charge in [-0.25, -0.2) is 0 Å². The Bertz CT molecular complexity index is 316. The fourth-order valence-corrected chi connectivity index (χ4v) is 2.75. The highest BCUT2D eigenvalue weighted by Gasteiger charge is 2.22. The number of rotatable bonds is 5. The average Bonchev–Trinajstić information content (AvgIpc) is 2.86. The van der Waals surface area contributed by atoms with Crippen LogP contribution in [0.4, 0.5) is 0 Å². The Hall–Kier alpha value is -0.760. The van der Waals surface area contributed by atoms with E-state index in [9.17, 15) is 0 Å². The van der Waals surface area contributed by atoms with E-state index in [0.717, 1.165) is 25.0 Å². The second-order valence-corrected chi connectivity index (χ2v) is 5.09. The molecule has 1 aliphatic rings. The summed E-state index contributed by atoms with van der Waals surface area (Å²) in [4.78, 5) is 0. The van der Waals surface area contributed by atoms with E-state index in [1.54, 1.807) is 0 Å². The summed E-state index contributed by atoms with van der Waals surface area (Å²) >= 11 is 0. The Morgan fingerprint density at radius 2 is 2.31 bits per heavy atom. The van der Waals surface area contributed by atoms with Gasteiger partial charge in [0.15, 0.2) is 0 Å². The van der Waals surface area contributed by atoms with Gasteiger partial charge in [0.1, 0.15) is 0 Å². The van der Waals surface area contributed by atoms with Crippen molar-refractivity contribution in [2.24, 2.45) is 5.92 Å². The maximum atomic E-state index is 3.71. The van der Waals surface area contributed by atoms with Gasteiger partial charge < -0.3 is 9.88 Å². The standard InChI is InChI=1S/C14H24N2/c1-3-9-16-10-5-7-13(16)11-15-14-8-4-6-12(14)2/h5,7,10,12,14-15H,3-4,6,8-9,11H2,1-2H3. The number of hydrogen-bond donors (Lipinski definition) is 1. The average molecular weight is 220 g/mol. The molecule has 0 radical (unpaired) electrons. The maximum absolute atomic E-state index is 3.71. The summed E-state index contributed by atoms with van der Waals surface area (Å²) in [5.41, 5.74) is 1.43. The largest absolute Gasteiger partial charge is 0.350 e. The molecular formula is C14H24N2. The molecule has 2 heteroatoms. The molecule has 16 heavy (non-hydrogen) atoms. The van der Waals surface area contributed by atoms with Gasteiger partial charge in [-0.2, -0.15) is 0 Å². The number of hydrogen-bond acceptors (Lipinski definition) is 1. The molecule has 0 aromatic carbocycles. The molecule has 2 rings (SSSR count). The van der Waals surface area contributed by atoms with Crippen molar-refractivity contribution < 1.29 is 0 Å². The Labute approximate surface area is 99.0 Å². The van der Waals surface area contributed by atoms with Gasteiger partial charge in [0.25, 0.3) is 0 Å². The fraction of sp³-hybridized carbons (Fsp3) is 0.714. The third-order valence-corrected chi connectivity index (χ3v) is 3.79. The van der Waals surface area contributed by atoms with Gasteiger partial charge in [-0.3, -0.25) is 0 Å². The zero-order valence-corrected chi connectivity index (χ0v) is 10.6. The molecule has 1 aromatic heterocycles. The first kappa shape index (κ1) is 11.7. The van der Waals surface area contributed by atoms with Gasteiger partial charge >= 0.3 is 0 Å². The number of aryl methyl sites for hydroxylation is 1. The van der Waals surface area contributed by atoms with Crippen LogP contribution < -0.4 is 5.32 Å². The van der Waals surface area contributed by atoms with Crippen molar-refractivity contribution in [3.63, 3.8) is 0 Å². The minimum absolute atomic E-state index is 0.741. The molecule has 90 valence electrons. The van der Waals surface area contributed by atoms with Crippen LogP contribution in [0.3, 0.4) is 0 Å². The number of nitrogens with zero attached hydrogens (tertiary/aromatic N) is 1. The lowest BCUT2D eigenvalue weighted by Crippen LogP contribution is -2.31. The van der Waals surface area contributed by atoms with E-state index < -0.39 is 0 Å². The van der Waals surface area contributed by atoms with E-state index in [1.165, 1.54) is 31.4 Å². The monoisotopic (exact) mass is 220 g/mol. The van der Waals surface area contributed by atoms with Crippen molar-refractivity contribution >= 4 is 0 Å². The predicted octanol–water partition coefficient (Wildman–Crippen LogP) is 3.18. The summed E-state index contributed by atoms with van der Waals surface area (Å²) in [5, 5.41) is 3.71. The van der Waals surface area contributed by atoms with Crippen LogP contribution in [-0.4, -0.2) is 10.6 Å². The van der Waals surface area contributed by atoms with Crippen molar-refractivity contribution in [2.75, 3.05) is 0 Å². The molecule has 1 heterocycles. The fourth-order valence-electron chi connectivity index (χ4n) is 2.75. The number of aromatic nitrogens is 1. The Morgan fingerprint density at radius 1 is 1.44 bits per heavy atom. The molecule has 1 aromatic rings.